The van der Waals surface area contributed by atoms with E-state index in [9.17, 15) is 4.79 Å². The highest BCUT2D eigenvalue weighted by molar-refractivity contribution is 7.13. The fraction of sp³-hybridized carbons (Fsp3) is 0.462. The van der Waals surface area contributed by atoms with Crippen LogP contribution in [0.25, 0.3) is 10.7 Å². The summed E-state index contributed by atoms with van der Waals surface area (Å²) in [5.41, 5.74) is 0.528. The van der Waals surface area contributed by atoms with E-state index in [1.807, 2.05) is 0 Å². The number of esters is 1. The molecule has 0 saturated carbocycles. The molecular formula is C13H16N2O4S. The number of ether oxygens (including phenoxy) is 1. The summed E-state index contributed by atoms with van der Waals surface area (Å²) >= 11 is 1.38. The topological polar surface area (TPSA) is 85.5 Å². The van der Waals surface area contributed by atoms with Crippen LogP contribution in [-0.2, 0) is 22.6 Å². The van der Waals surface area contributed by atoms with Crippen molar-refractivity contribution in [1.29, 1.82) is 0 Å². The maximum absolute atomic E-state index is 11.6. The second-order valence-electron chi connectivity index (χ2n) is 5.03. The lowest BCUT2D eigenvalue weighted by Gasteiger charge is -2.19. The van der Waals surface area contributed by atoms with Gasteiger partial charge in [0.25, 0.3) is 0 Å². The summed E-state index contributed by atoms with van der Waals surface area (Å²) < 4.78 is 10.00. The van der Waals surface area contributed by atoms with Gasteiger partial charge in [-0.1, -0.05) is 5.16 Å². The first-order valence-electron chi connectivity index (χ1n) is 6.06. The minimum absolute atomic E-state index is 0.101. The highest BCUT2D eigenvalue weighted by atomic mass is 32.1. The zero-order valence-corrected chi connectivity index (χ0v) is 12.4. The Labute approximate surface area is 120 Å². The van der Waals surface area contributed by atoms with Crippen molar-refractivity contribution in [3.05, 3.63) is 22.9 Å². The van der Waals surface area contributed by atoms with Gasteiger partial charge in [-0.3, -0.25) is 4.79 Å². The maximum Gasteiger partial charge on any atom is 0.311 e. The predicted octanol–water partition coefficient (Wildman–Crippen LogP) is 2.03. The van der Waals surface area contributed by atoms with Crippen LogP contribution in [0.15, 0.2) is 16.0 Å². The molecule has 0 amide bonds. The number of rotatable bonds is 5. The third kappa shape index (κ3) is 3.05. The minimum atomic E-state index is -0.676. The van der Waals surface area contributed by atoms with E-state index >= 15 is 0 Å². The van der Waals surface area contributed by atoms with E-state index in [0.29, 0.717) is 28.6 Å². The molecule has 0 saturated heterocycles. The Morgan fingerprint density at radius 2 is 2.30 bits per heavy atom. The van der Waals surface area contributed by atoms with Crippen molar-refractivity contribution >= 4 is 17.3 Å². The molecule has 0 radical (unpaired) electrons. The van der Waals surface area contributed by atoms with E-state index in [2.05, 4.69) is 10.1 Å². The number of hydrogen-bond acceptors (Lipinski definition) is 7. The van der Waals surface area contributed by atoms with Crippen LogP contribution < -0.4 is 0 Å². The van der Waals surface area contributed by atoms with Gasteiger partial charge >= 0.3 is 5.97 Å². The van der Waals surface area contributed by atoms with Crippen LogP contribution in [0.2, 0.25) is 0 Å². The lowest BCUT2D eigenvalue weighted by atomic mass is 9.88. The Morgan fingerprint density at radius 1 is 1.55 bits per heavy atom. The van der Waals surface area contributed by atoms with Crippen molar-refractivity contribution in [3.63, 3.8) is 0 Å². The maximum atomic E-state index is 11.6. The largest absolute Gasteiger partial charge is 0.469 e. The molecule has 0 atom stereocenters. The summed E-state index contributed by atoms with van der Waals surface area (Å²) in [5.74, 6) is 0.295. The molecule has 2 aromatic heterocycles. The molecular weight excluding hydrogens is 280 g/mol. The van der Waals surface area contributed by atoms with Gasteiger partial charge in [-0.15, -0.1) is 11.3 Å². The molecule has 20 heavy (non-hydrogen) atoms. The molecule has 0 aliphatic rings. The number of carbonyl (C=O) groups excluding carboxylic acids is 1. The average Bonchev–Trinajstić information content (AvgIpc) is 3.05. The molecule has 6 nitrogen and oxygen atoms in total. The zero-order valence-electron chi connectivity index (χ0n) is 11.5. The molecule has 0 spiro atoms. The van der Waals surface area contributed by atoms with Gasteiger partial charge in [0.1, 0.15) is 16.5 Å². The lowest BCUT2D eigenvalue weighted by Crippen LogP contribution is -2.27. The second kappa shape index (κ2) is 5.72. The molecule has 2 rings (SSSR count). The van der Waals surface area contributed by atoms with Crippen molar-refractivity contribution in [2.75, 3.05) is 7.11 Å². The number of thiazole rings is 1. The van der Waals surface area contributed by atoms with Crippen LogP contribution in [0, 0.1) is 5.41 Å². The van der Waals surface area contributed by atoms with Crippen LogP contribution in [0.4, 0.5) is 0 Å². The monoisotopic (exact) mass is 296 g/mol. The molecule has 1 N–H and O–H groups in total. The number of nitrogens with zero attached hydrogens (tertiary/aromatic N) is 2. The summed E-state index contributed by atoms with van der Waals surface area (Å²) in [4.78, 5) is 15.8. The van der Waals surface area contributed by atoms with Gasteiger partial charge in [0.2, 0.25) is 0 Å². The molecule has 108 valence electrons. The van der Waals surface area contributed by atoms with Crippen LogP contribution in [-0.4, -0.2) is 28.3 Å². The van der Waals surface area contributed by atoms with Crippen LogP contribution in [0.1, 0.15) is 25.3 Å². The van der Waals surface area contributed by atoms with E-state index in [0.717, 1.165) is 0 Å². The third-order valence-electron chi connectivity index (χ3n) is 2.85. The number of aliphatic hydroxyl groups is 1. The molecule has 0 aromatic carbocycles. The van der Waals surface area contributed by atoms with Gasteiger partial charge in [0.05, 0.1) is 24.8 Å². The predicted molar refractivity (Wildman–Crippen MR) is 73.0 cm³/mol. The van der Waals surface area contributed by atoms with E-state index in [-0.39, 0.29) is 12.6 Å². The summed E-state index contributed by atoms with van der Waals surface area (Å²) in [6.07, 6.45) is 0.394. The second-order valence-corrected chi connectivity index (χ2v) is 5.89. The Bertz CT molecular complexity index is 603. The molecule has 0 aliphatic heterocycles. The number of hydrogen-bond donors (Lipinski definition) is 1. The van der Waals surface area contributed by atoms with Gasteiger partial charge < -0.3 is 14.4 Å². The summed E-state index contributed by atoms with van der Waals surface area (Å²) in [5, 5.41) is 15.4. The number of methoxy groups -OCH3 is 1. The molecule has 2 aromatic rings. The number of carbonyl (C=O) groups is 1. The Kier molecular flexibility index (Phi) is 4.20. The molecule has 0 bridgehead atoms. The molecule has 7 heteroatoms. The Balaban J connectivity index is 2.15. The van der Waals surface area contributed by atoms with Gasteiger partial charge in [0.15, 0.2) is 0 Å². The first kappa shape index (κ1) is 14.7. The van der Waals surface area contributed by atoms with Gasteiger partial charge in [-0.2, -0.15) is 0 Å². The van der Waals surface area contributed by atoms with Crippen molar-refractivity contribution in [3.8, 4) is 10.7 Å². The number of aromatic nitrogens is 2. The molecule has 0 aliphatic carbocycles. The van der Waals surface area contributed by atoms with Crippen LogP contribution in [0.3, 0.4) is 0 Å². The van der Waals surface area contributed by atoms with Crippen molar-refractivity contribution in [1.82, 2.24) is 10.1 Å². The normalized spacial score (nSPS) is 11.6. The van der Waals surface area contributed by atoms with Gasteiger partial charge in [0, 0.05) is 17.9 Å². The summed E-state index contributed by atoms with van der Waals surface area (Å²) in [6, 6.07) is 1.75. The Morgan fingerprint density at radius 3 is 2.90 bits per heavy atom. The first-order valence-corrected chi connectivity index (χ1v) is 6.94. The van der Waals surface area contributed by atoms with Crippen LogP contribution >= 0.6 is 11.3 Å². The highest BCUT2D eigenvalue weighted by Gasteiger charge is 2.30. The average molecular weight is 296 g/mol. The van der Waals surface area contributed by atoms with E-state index in [4.69, 9.17) is 14.4 Å². The number of aliphatic hydroxyl groups excluding tert-OH is 1. The van der Waals surface area contributed by atoms with Gasteiger partial charge in [-0.25, -0.2) is 4.98 Å². The van der Waals surface area contributed by atoms with Crippen molar-refractivity contribution in [2.45, 2.75) is 26.9 Å². The summed E-state index contributed by atoms with van der Waals surface area (Å²) in [6.45, 7) is 3.47. The fourth-order valence-electron chi connectivity index (χ4n) is 1.78. The van der Waals surface area contributed by atoms with E-state index in [1.54, 1.807) is 25.3 Å². The minimum Gasteiger partial charge on any atom is -0.469 e. The smallest absolute Gasteiger partial charge is 0.311 e. The van der Waals surface area contributed by atoms with E-state index in [1.165, 1.54) is 18.4 Å². The molecule has 2 heterocycles. The Hall–Kier alpha value is -1.73. The van der Waals surface area contributed by atoms with Gasteiger partial charge in [-0.05, 0) is 13.8 Å². The molecule has 0 unspecified atom stereocenters. The molecule has 0 fully saturated rings. The van der Waals surface area contributed by atoms with Crippen LogP contribution in [0.5, 0.6) is 0 Å². The highest BCUT2D eigenvalue weighted by Crippen LogP contribution is 2.28. The first-order chi connectivity index (χ1) is 9.46. The lowest BCUT2D eigenvalue weighted by molar-refractivity contribution is -0.150. The van der Waals surface area contributed by atoms with E-state index < -0.39 is 5.41 Å². The quantitative estimate of drug-likeness (QED) is 0.850. The van der Waals surface area contributed by atoms with Crippen molar-refractivity contribution < 1.29 is 19.2 Å². The standard InChI is InChI=1S/C13H16N2O4S/c1-13(2,12(17)18-3)5-9-4-10(15-19-9)11-14-8(6-16)7-20-11/h4,7,16H,5-6H2,1-3H3. The SMILES string of the molecule is COC(=O)C(C)(C)Cc1cc(-c2nc(CO)cs2)no1. The zero-order chi connectivity index (χ0) is 14.8. The third-order valence-corrected chi connectivity index (χ3v) is 3.76. The fourth-order valence-corrected chi connectivity index (χ4v) is 2.54. The summed E-state index contributed by atoms with van der Waals surface area (Å²) in [7, 11) is 1.36. The van der Waals surface area contributed by atoms with Crippen molar-refractivity contribution in [2.24, 2.45) is 5.41 Å².